The summed E-state index contributed by atoms with van der Waals surface area (Å²) in [5.41, 5.74) is 4.42. The molecule has 7 nitrogen and oxygen atoms in total. The van der Waals surface area contributed by atoms with Crippen molar-refractivity contribution in [3.63, 3.8) is 0 Å². The van der Waals surface area contributed by atoms with Gasteiger partial charge in [0.2, 0.25) is 5.91 Å². The van der Waals surface area contributed by atoms with E-state index in [1.807, 2.05) is 0 Å². The third-order valence-corrected chi connectivity index (χ3v) is 2.80. The first-order chi connectivity index (χ1) is 9.22. The molecule has 2 atom stereocenters. The molecule has 1 amide bonds. The van der Waals surface area contributed by atoms with Crippen molar-refractivity contribution in [1.82, 2.24) is 5.32 Å². The first kappa shape index (κ1) is 15.9. The highest BCUT2D eigenvalue weighted by Gasteiger charge is 2.30. The van der Waals surface area contributed by atoms with E-state index in [9.17, 15) is 14.7 Å². The summed E-state index contributed by atoms with van der Waals surface area (Å²) < 4.78 is 0. The Balaban J connectivity index is 2.51. The van der Waals surface area contributed by atoms with Gasteiger partial charge in [0, 0.05) is 0 Å². The van der Waals surface area contributed by atoms with Gasteiger partial charge in [-0.3, -0.25) is 4.79 Å². The Morgan fingerprint density at radius 2 is 1.90 bits per heavy atom. The number of phenols is 1. The van der Waals surface area contributed by atoms with Gasteiger partial charge >= 0.3 is 5.97 Å². The van der Waals surface area contributed by atoms with E-state index in [0.29, 0.717) is 0 Å². The quantitative estimate of drug-likeness (QED) is 0.464. The average Bonchev–Trinajstić information content (AvgIpc) is 2.38. The van der Waals surface area contributed by atoms with E-state index in [1.165, 1.54) is 12.1 Å². The van der Waals surface area contributed by atoms with E-state index >= 15 is 0 Å². The summed E-state index contributed by atoms with van der Waals surface area (Å²) in [6.07, 6.45) is 0.237. The number of benzene rings is 1. The zero-order valence-electron chi connectivity index (χ0n) is 11.0. The molecule has 0 spiro atoms. The van der Waals surface area contributed by atoms with Crippen LogP contribution in [0.5, 0.6) is 5.75 Å². The van der Waals surface area contributed by atoms with Gasteiger partial charge in [0.1, 0.15) is 5.75 Å². The molecule has 1 aromatic carbocycles. The van der Waals surface area contributed by atoms with Crippen LogP contribution in [0.2, 0.25) is 0 Å². The Labute approximate surface area is 116 Å². The van der Waals surface area contributed by atoms with Gasteiger partial charge < -0.3 is 26.4 Å². The van der Waals surface area contributed by atoms with E-state index in [4.69, 9.17) is 15.9 Å². The summed E-state index contributed by atoms with van der Waals surface area (Å²) in [7, 11) is 0. The number of carbonyl (C=O) groups excluding carboxylic acids is 1. The largest absolute Gasteiger partial charge is 0.508 e. The molecule has 7 heteroatoms. The number of carboxylic acids is 1. The Hall–Kier alpha value is -2.12. The maximum absolute atomic E-state index is 11.7. The summed E-state index contributed by atoms with van der Waals surface area (Å²) in [6, 6.07) is 5.36. The number of aliphatic hydroxyl groups is 1. The van der Waals surface area contributed by atoms with Crippen molar-refractivity contribution in [2.75, 3.05) is 6.54 Å². The second-order valence-corrected chi connectivity index (χ2v) is 4.77. The fraction of sp³-hybridized carbons (Fsp3) is 0.385. The van der Waals surface area contributed by atoms with Crippen molar-refractivity contribution in [3.8, 4) is 5.75 Å². The maximum atomic E-state index is 11.7. The number of rotatable bonds is 6. The molecule has 0 fully saturated rings. The first-order valence-corrected chi connectivity index (χ1v) is 5.99. The molecule has 0 aliphatic carbocycles. The molecule has 1 rings (SSSR count). The van der Waals surface area contributed by atoms with Crippen LogP contribution in [0.3, 0.4) is 0 Å². The first-order valence-electron chi connectivity index (χ1n) is 5.99. The number of carbonyl (C=O) groups is 2. The Kier molecular flexibility index (Phi) is 5.06. The van der Waals surface area contributed by atoms with Crippen molar-refractivity contribution >= 4 is 11.9 Å². The van der Waals surface area contributed by atoms with E-state index in [2.05, 4.69) is 5.32 Å². The molecule has 0 heterocycles. The van der Waals surface area contributed by atoms with Crippen molar-refractivity contribution in [2.45, 2.75) is 25.0 Å². The fourth-order valence-corrected chi connectivity index (χ4v) is 1.44. The number of phenolic OH excluding ortho intramolecular Hbond substituents is 1. The van der Waals surface area contributed by atoms with Crippen LogP contribution >= 0.6 is 0 Å². The molecule has 0 aromatic heterocycles. The lowest BCUT2D eigenvalue weighted by Crippen LogP contribution is -2.50. The molecule has 0 aliphatic rings. The number of hydrogen-bond donors (Lipinski definition) is 5. The van der Waals surface area contributed by atoms with Crippen molar-refractivity contribution < 1.29 is 24.9 Å². The number of hydrogen-bond acceptors (Lipinski definition) is 5. The summed E-state index contributed by atoms with van der Waals surface area (Å²) in [4.78, 5) is 22.4. The minimum absolute atomic E-state index is 0.115. The molecule has 1 unspecified atom stereocenters. The van der Waals surface area contributed by atoms with Gasteiger partial charge in [0.15, 0.2) is 5.60 Å². The van der Waals surface area contributed by atoms with Crippen LogP contribution in [-0.2, 0) is 16.0 Å². The third-order valence-electron chi connectivity index (χ3n) is 2.80. The smallest absolute Gasteiger partial charge is 0.337 e. The highest BCUT2D eigenvalue weighted by Crippen LogP contribution is 2.11. The molecule has 0 saturated heterocycles. The van der Waals surface area contributed by atoms with E-state index in [-0.39, 0.29) is 12.2 Å². The Bertz CT molecular complexity index is 484. The average molecular weight is 282 g/mol. The van der Waals surface area contributed by atoms with Crippen molar-refractivity contribution in [1.29, 1.82) is 0 Å². The molecule has 0 aliphatic heterocycles. The number of carboxylic acid groups (broad SMARTS) is 1. The van der Waals surface area contributed by atoms with Crippen LogP contribution < -0.4 is 11.1 Å². The van der Waals surface area contributed by atoms with Crippen molar-refractivity contribution in [2.24, 2.45) is 5.73 Å². The topological polar surface area (TPSA) is 133 Å². The summed E-state index contributed by atoms with van der Waals surface area (Å²) in [6.45, 7) is 0.658. The second kappa shape index (κ2) is 6.36. The second-order valence-electron chi connectivity index (χ2n) is 4.77. The Morgan fingerprint density at radius 1 is 1.35 bits per heavy atom. The zero-order chi connectivity index (χ0) is 15.3. The molecular weight excluding hydrogens is 264 g/mol. The van der Waals surface area contributed by atoms with Crippen LogP contribution in [-0.4, -0.2) is 45.4 Å². The van der Waals surface area contributed by atoms with Gasteiger partial charge in [-0.15, -0.1) is 0 Å². The number of aliphatic carboxylic acids is 1. The van der Waals surface area contributed by atoms with Crippen LogP contribution in [0, 0.1) is 0 Å². The number of aromatic hydroxyl groups is 1. The van der Waals surface area contributed by atoms with Crippen LogP contribution in [0.4, 0.5) is 0 Å². The van der Waals surface area contributed by atoms with Crippen LogP contribution in [0.15, 0.2) is 24.3 Å². The highest BCUT2D eigenvalue weighted by atomic mass is 16.4. The molecule has 0 saturated carbocycles. The Morgan fingerprint density at radius 3 is 2.40 bits per heavy atom. The zero-order valence-corrected chi connectivity index (χ0v) is 11.0. The molecule has 110 valence electrons. The van der Waals surface area contributed by atoms with E-state index < -0.39 is 30.1 Å². The van der Waals surface area contributed by atoms with Gasteiger partial charge in [-0.05, 0) is 31.0 Å². The minimum atomic E-state index is -2.03. The summed E-state index contributed by atoms with van der Waals surface area (Å²) in [5, 5.41) is 29.6. The molecular formula is C13H18N2O5. The van der Waals surface area contributed by atoms with Gasteiger partial charge in [-0.2, -0.15) is 0 Å². The minimum Gasteiger partial charge on any atom is -0.508 e. The lowest BCUT2D eigenvalue weighted by molar-refractivity contribution is -0.156. The van der Waals surface area contributed by atoms with Gasteiger partial charge in [-0.25, -0.2) is 4.79 Å². The number of nitrogens with one attached hydrogen (secondary N) is 1. The standard InChI is InChI=1S/C13H18N2O5/c1-13(20,12(18)19)7-15-11(17)10(14)6-8-2-4-9(16)5-3-8/h2-5,10,16,20H,6-7,14H2,1H3,(H,15,17)(H,18,19)/t10-,13?/m1/s1. The van der Waals surface area contributed by atoms with Gasteiger partial charge in [-0.1, -0.05) is 12.1 Å². The predicted molar refractivity (Wildman–Crippen MR) is 71.1 cm³/mol. The fourth-order valence-electron chi connectivity index (χ4n) is 1.44. The molecule has 0 radical (unpaired) electrons. The van der Waals surface area contributed by atoms with Crippen LogP contribution in [0.25, 0.3) is 0 Å². The third kappa shape index (κ3) is 4.52. The monoisotopic (exact) mass is 282 g/mol. The lowest BCUT2D eigenvalue weighted by atomic mass is 10.0. The summed E-state index contributed by atoms with van der Waals surface area (Å²) >= 11 is 0. The number of nitrogens with two attached hydrogens (primary N) is 1. The van der Waals surface area contributed by atoms with E-state index in [0.717, 1.165) is 12.5 Å². The van der Waals surface area contributed by atoms with E-state index in [1.54, 1.807) is 12.1 Å². The van der Waals surface area contributed by atoms with Gasteiger partial charge in [0.25, 0.3) is 0 Å². The normalized spacial score (nSPS) is 15.2. The maximum Gasteiger partial charge on any atom is 0.337 e. The van der Waals surface area contributed by atoms with Crippen molar-refractivity contribution in [3.05, 3.63) is 29.8 Å². The van der Waals surface area contributed by atoms with Gasteiger partial charge in [0.05, 0.1) is 12.6 Å². The molecule has 20 heavy (non-hydrogen) atoms. The number of amides is 1. The predicted octanol–water partition coefficient (Wildman–Crippen LogP) is -0.786. The lowest BCUT2D eigenvalue weighted by Gasteiger charge is -2.20. The highest BCUT2D eigenvalue weighted by molar-refractivity contribution is 5.83. The SMILES string of the molecule is CC(O)(CNC(=O)[C@H](N)Cc1ccc(O)cc1)C(=O)O. The van der Waals surface area contributed by atoms with Crippen LogP contribution in [0.1, 0.15) is 12.5 Å². The molecule has 6 N–H and O–H groups in total. The molecule has 0 bridgehead atoms. The molecule has 1 aromatic rings. The summed E-state index contributed by atoms with van der Waals surface area (Å²) in [5.74, 6) is -1.87.